The minimum atomic E-state index is -0.826. The van der Waals surface area contributed by atoms with Gasteiger partial charge in [0.25, 0.3) is 0 Å². The lowest BCUT2D eigenvalue weighted by Crippen LogP contribution is -2.20. The van der Waals surface area contributed by atoms with Crippen LogP contribution in [0.4, 0.5) is 5.69 Å². The third kappa shape index (κ3) is 4.21. The Morgan fingerprint density at radius 3 is 2.25 bits per heavy atom. The third-order valence-electron chi connectivity index (χ3n) is 4.40. The quantitative estimate of drug-likeness (QED) is 0.726. The van der Waals surface area contributed by atoms with Gasteiger partial charge in [0.05, 0.1) is 12.5 Å². The van der Waals surface area contributed by atoms with Crippen LogP contribution >= 0.6 is 0 Å². The summed E-state index contributed by atoms with van der Waals surface area (Å²) in [7, 11) is 1.93. The molecule has 1 aliphatic heterocycles. The maximum Gasteiger partial charge on any atom is 0.172 e. The van der Waals surface area contributed by atoms with Crippen LogP contribution in [-0.2, 0) is 4.74 Å². The van der Waals surface area contributed by atoms with Gasteiger partial charge in [0, 0.05) is 24.9 Å². The van der Waals surface area contributed by atoms with Gasteiger partial charge < -0.3 is 9.64 Å². The highest BCUT2D eigenvalue weighted by molar-refractivity contribution is 5.65. The predicted octanol–water partition coefficient (Wildman–Crippen LogP) is 3.98. The lowest BCUT2D eigenvalue weighted by molar-refractivity contribution is 0.0954. The molecule has 1 aromatic carbocycles. The van der Waals surface area contributed by atoms with E-state index in [1.807, 2.05) is 42.3 Å². The lowest BCUT2D eigenvalue weighted by atomic mass is 9.94. The zero-order valence-corrected chi connectivity index (χ0v) is 16.0. The molecule has 0 spiro atoms. The van der Waals surface area contributed by atoms with E-state index in [4.69, 9.17) is 20.5 Å². The van der Waals surface area contributed by atoms with E-state index >= 15 is 0 Å². The Bertz CT molecular complexity index is 999. The largest absolute Gasteiger partial charge is 0.480 e. The lowest BCUT2D eigenvalue weighted by Gasteiger charge is -2.20. The Hall–Kier alpha value is -4.00. The molecule has 1 heterocycles. The molecule has 1 aliphatic rings. The molecule has 138 valence electrons. The minimum absolute atomic E-state index is 0.0339. The van der Waals surface area contributed by atoms with Gasteiger partial charge in [0.1, 0.15) is 29.4 Å². The summed E-state index contributed by atoms with van der Waals surface area (Å²) in [6.45, 7) is 4.23. The Labute approximate surface area is 165 Å². The second-order valence-corrected chi connectivity index (χ2v) is 6.70. The first kappa shape index (κ1) is 20.3. The summed E-state index contributed by atoms with van der Waals surface area (Å²) in [6.07, 6.45) is 4.10. The number of hydrogen-bond donors (Lipinski definition) is 0. The predicted molar refractivity (Wildman–Crippen MR) is 105 cm³/mol. The molecule has 0 saturated heterocycles. The topological polar surface area (TPSA) is 108 Å². The number of hydrogen-bond acceptors (Lipinski definition) is 6. The van der Waals surface area contributed by atoms with Gasteiger partial charge in [-0.15, -0.1) is 0 Å². The van der Waals surface area contributed by atoms with Gasteiger partial charge in [-0.1, -0.05) is 24.3 Å². The van der Waals surface area contributed by atoms with E-state index in [0.717, 1.165) is 11.3 Å². The molecule has 0 bridgehead atoms. The van der Waals surface area contributed by atoms with Crippen LogP contribution in [0.15, 0.2) is 52.8 Å². The van der Waals surface area contributed by atoms with Crippen LogP contribution in [0.3, 0.4) is 0 Å². The van der Waals surface area contributed by atoms with Crippen LogP contribution in [0.25, 0.3) is 6.08 Å². The summed E-state index contributed by atoms with van der Waals surface area (Å²) in [5, 5.41) is 36.4. The average molecular weight is 369 g/mol. The van der Waals surface area contributed by atoms with Crippen molar-refractivity contribution >= 4 is 11.8 Å². The van der Waals surface area contributed by atoms with Crippen molar-refractivity contribution in [3.05, 3.63) is 58.4 Å². The number of benzene rings is 1. The molecule has 0 aromatic heterocycles. The molecular formula is C22H19N5O. The van der Waals surface area contributed by atoms with Gasteiger partial charge in [-0.2, -0.15) is 21.0 Å². The standard InChI is InChI=1S/C22H19N5O/c1-22(2)20(19(15-26)21(28-22)17(13-24)14-25)10-7-16-5-8-18(9-6-16)27(3)12-4-11-23/h5-10H,4,12H2,1-3H3/b10-7+. The van der Waals surface area contributed by atoms with Crippen LogP contribution in [0, 0.1) is 45.3 Å². The highest BCUT2D eigenvalue weighted by Crippen LogP contribution is 2.40. The van der Waals surface area contributed by atoms with Crippen LogP contribution in [0.5, 0.6) is 0 Å². The van der Waals surface area contributed by atoms with Crippen LogP contribution < -0.4 is 4.90 Å². The summed E-state index contributed by atoms with van der Waals surface area (Å²) >= 11 is 0. The number of allylic oxidation sites excluding steroid dienone is 2. The van der Waals surface area contributed by atoms with E-state index < -0.39 is 5.60 Å². The Morgan fingerprint density at radius 1 is 1.07 bits per heavy atom. The number of nitrogens with zero attached hydrogens (tertiary/aromatic N) is 5. The fraction of sp³-hybridized carbons (Fsp3) is 0.273. The van der Waals surface area contributed by atoms with E-state index in [-0.39, 0.29) is 16.9 Å². The number of rotatable bonds is 5. The highest BCUT2D eigenvalue weighted by Gasteiger charge is 2.38. The second kappa shape index (κ2) is 8.59. The molecule has 28 heavy (non-hydrogen) atoms. The van der Waals surface area contributed by atoms with Crippen LogP contribution in [0.1, 0.15) is 25.8 Å². The number of anilines is 1. The Morgan fingerprint density at radius 2 is 1.71 bits per heavy atom. The summed E-state index contributed by atoms with van der Waals surface area (Å²) in [6, 6.07) is 15.6. The molecule has 6 heteroatoms. The van der Waals surface area contributed by atoms with E-state index in [2.05, 4.69) is 12.1 Å². The van der Waals surface area contributed by atoms with Gasteiger partial charge in [-0.25, -0.2) is 0 Å². The molecule has 0 fully saturated rings. The molecule has 0 saturated carbocycles. The van der Waals surface area contributed by atoms with Gasteiger partial charge in [0.15, 0.2) is 11.3 Å². The normalized spacial score (nSPS) is 14.6. The highest BCUT2D eigenvalue weighted by atomic mass is 16.5. The molecule has 1 aromatic rings. The van der Waals surface area contributed by atoms with Gasteiger partial charge in [-0.05, 0) is 31.5 Å². The summed E-state index contributed by atoms with van der Waals surface area (Å²) < 4.78 is 5.74. The van der Waals surface area contributed by atoms with E-state index in [9.17, 15) is 5.26 Å². The first-order valence-corrected chi connectivity index (χ1v) is 8.63. The zero-order valence-electron chi connectivity index (χ0n) is 16.0. The second-order valence-electron chi connectivity index (χ2n) is 6.70. The van der Waals surface area contributed by atoms with Crippen LogP contribution in [0.2, 0.25) is 0 Å². The van der Waals surface area contributed by atoms with Crippen LogP contribution in [-0.4, -0.2) is 19.2 Å². The minimum Gasteiger partial charge on any atom is -0.480 e. The van der Waals surface area contributed by atoms with Gasteiger partial charge in [-0.3, -0.25) is 0 Å². The van der Waals surface area contributed by atoms with Crippen molar-refractivity contribution < 1.29 is 4.74 Å². The first-order valence-electron chi connectivity index (χ1n) is 8.63. The van der Waals surface area contributed by atoms with Gasteiger partial charge in [0.2, 0.25) is 0 Å². The summed E-state index contributed by atoms with van der Waals surface area (Å²) in [4.78, 5) is 2.00. The van der Waals surface area contributed by atoms with E-state index in [1.54, 1.807) is 32.1 Å². The van der Waals surface area contributed by atoms with Crippen molar-refractivity contribution in [2.75, 3.05) is 18.5 Å². The maximum atomic E-state index is 9.54. The summed E-state index contributed by atoms with van der Waals surface area (Å²) in [5.74, 6) is 0.0339. The molecule has 0 amide bonds. The molecule has 0 unspecified atom stereocenters. The van der Waals surface area contributed by atoms with Crippen molar-refractivity contribution in [1.82, 2.24) is 0 Å². The molecule has 0 atom stereocenters. The fourth-order valence-electron chi connectivity index (χ4n) is 2.85. The van der Waals surface area contributed by atoms with Gasteiger partial charge >= 0.3 is 0 Å². The maximum absolute atomic E-state index is 9.54. The molecule has 2 rings (SSSR count). The van der Waals surface area contributed by atoms with Crippen molar-refractivity contribution in [2.45, 2.75) is 25.9 Å². The van der Waals surface area contributed by atoms with Crippen molar-refractivity contribution in [3.63, 3.8) is 0 Å². The Kier molecular flexibility index (Phi) is 6.23. The summed E-state index contributed by atoms with van der Waals surface area (Å²) in [5.41, 5.74) is 1.71. The van der Waals surface area contributed by atoms with Crippen molar-refractivity contribution in [2.24, 2.45) is 0 Å². The third-order valence-corrected chi connectivity index (χ3v) is 4.40. The molecular weight excluding hydrogens is 350 g/mol. The number of nitriles is 4. The van der Waals surface area contributed by atoms with E-state index in [1.165, 1.54) is 0 Å². The SMILES string of the molecule is CN(CCC#N)c1ccc(/C=C/C2=C(C#N)C(=C(C#N)C#N)OC2(C)C)cc1. The number of ether oxygens (including phenoxy) is 1. The molecule has 0 radical (unpaired) electrons. The molecule has 6 nitrogen and oxygen atoms in total. The molecule has 0 N–H and O–H groups in total. The smallest absolute Gasteiger partial charge is 0.172 e. The Balaban J connectivity index is 2.34. The van der Waals surface area contributed by atoms with E-state index in [0.29, 0.717) is 18.5 Å². The zero-order chi connectivity index (χ0) is 20.7. The van der Waals surface area contributed by atoms with Crippen molar-refractivity contribution in [3.8, 4) is 24.3 Å². The average Bonchev–Trinajstić information content (AvgIpc) is 2.95. The molecule has 0 aliphatic carbocycles. The first-order chi connectivity index (χ1) is 13.4. The van der Waals surface area contributed by atoms with Crippen molar-refractivity contribution in [1.29, 1.82) is 21.0 Å². The fourth-order valence-corrected chi connectivity index (χ4v) is 2.85. The monoisotopic (exact) mass is 369 g/mol.